The van der Waals surface area contributed by atoms with E-state index in [4.69, 9.17) is 10.3 Å². The smallest absolute Gasteiger partial charge is 0.237 e. The van der Waals surface area contributed by atoms with E-state index in [-0.39, 0.29) is 5.41 Å². The highest BCUT2D eigenvalue weighted by Crippen LogP contribution is 2.31. The van der Waals surface area contributed by atoms with Crippen LogP contribution in [0.5, 0.6) is 0 Å². The number of thioether (sulfide) groups is 1. The van der Waals surface area contributed by atoms with E-state index in [1.54, 1.807) is 11.8 Å². The molecule has 0 bridgehead atoms. The van der Waals surface area contributed by atoms with E-state index in [1.807, 2.05) is 18.2 Å². The molecule has 0 aliphatic heterocycles. The molecule has 2 rings (SSSR count). The van der Waals surface area contributed by atoms with Crippen LogP contribution in [0.25, 0.3) is 0 Å². The molecular weight excluding hydrogens is 326 g/mol. The van der Waals surface area contributed by atoms with Crippen LogP contribution >= 0.6 is 27.7 Å². The summed E-state index contributed by atoms with van der Waals surface area (Å²) >= 11 is 5.12. The molecular formula is C13H16BrN3OS. The normalized spacial score (nSPS) is 11.8. The Labute approximate surface area is 125 Å². The highest BCUT2D eigenvalue weighted by atomic mass is 79.9. The van der Waals surface area contributed by atoms with Crippen molar-refractivity contribution in [2.75, 3.05) is 5.73 Å². The summed E-state index contributed by atoms with van der Waals surface area (Å²) in [6.07, 6.45) is 0. The van der Waals surface area contributed by atoms with E-state index in [0.717, 1.165) is 20.9 Å². The van der Waals surface area contributed by atoms with Gasteiger partial charge in [-0.1, -0.05) is 25.9 Å². The Kier molecular flexibility index (Phi) is 4.20. The van der Waals surface area contributed by atoms with Crippen molar-refractivity contribution < 1.29 is 4.52 Å². The molecule has 0 unspecified atom stereocenters. The summed E-state index contributed by atoms with van der Waals surface area (Å²) in [6, 6.07) is 5.74. The molecule has 0 fully saturated rings. The molecule has 0 amide bonds. The van der Waals surface area contributed by atoms with Crippen molar-refractivity contribution >= 4 is 33.4 Å². The van der Waals surface area contributed by atoms with Crippen LogP contribution in [0.15, 0.2) is 32.1 Å². The van der Waals surface area contributed by atoms with Gasteiger partial charge in [0, 0.05) is 20.5 Å². The minimum absolute atomic E-state index is 0.0891. The molecule has 1 aromatic heterocycles. The van der Waals surface area contributed by atoms with E-state index < -0.39 is 0 Å². The summed E-state index contributed by atoms with van der Waals surface area (Å²) in [5.74, 6) is 2.02. The number of aromatic nitrogens is 2. The molecule has 102 valence electrons. The van der Waals surface area contributed by atoms with Gasteiger partial charge in [0.1, 0.15) is 0 Å². The fourth-order valence-corrected chi connectivity index (χ4v) is 2.89. The summed E-state index contributed by atoms with van der Waals surface area (Å²) < 4.78 is 6.23. The van der Waals surface area contributed by atoms with Crippen LogP contribution in [0.1, 0.15) is 32.5 Å². The van der Waals surface area contributed by atoms with Gasteiger partial charge in [0.2, 0.25) is 5.89 Å². The summed E-state index contributed by atoms with van der Waals surface area (Å²) in [4.78, 5) is 5.51. The largest absolute Gasteiger partial charge is 0.399 e. The number of benzene rings is 1. The lowest BCUT2D eigenvalue weighted by atomic mass is 9.96. The second-order valence-electron chi connectivity index (χ2n) is 5.24. The number of nitrogen functional groups attached to an aromatic ring is 1. The maximum atomic E-state index is 5.71. The first-order valence-electron chi connectivity index (χ1n) is 5.87. The number of nitrogens with two attached hydrogens (primary N) is 1. The van der Waals surface area contributed by atoms with Crippen LogP contribution in [-0.2, 0) is 11.2 Å². The quantitative estimate of drug-likeness (QED) is 0.675. The van der Waals surface area contributed by atoms with E-state index >= 15 is 0 Å². The molecule has 2 N–H and O–H groups in total. The van der Waals surface area contributed by atoms with Crippen molar-refractivity contribution in [1.29, 1.82) is 0 Å². The van der Waals surface area contributed by atoms with Gasteiger partial charge in [-0.05, 0) is 34.1 Å². The van der Waals surface area contributed by atoms with Crippen LogP contribution in [0.3, 0.4) is 0 Å². The minimum Gasteiger partial charge on any atom is -0.399 e. The molecule has 1 heterocycles. The molecule has 0 aliphatic rings. The Hall–Kier alpha value is -1.01. The average Bonchev–Trinajstić information content (AvgIpc) is 2.76. The molecule has 19 heavy (non-hydrogen) atoms. The Morgan fingerprint density at radius 2 is 2.11 bits per heavy atom. The Balaban J connectivity index is 2.04. The van der Waals surface area contributed by atoms with Crippen LogP contribution in [0, 0.1) is 0 Å². The summed E-state index contributed by atoms with van der Waals surface area (Å²) in [7, 11) is 0. The molecule has 0 saturated heterocycles. The van der Waals surface area contributed by atoms with Crippen LogP contribution in [-0.4, -0.2) is 10.1 Å². The third-order valence-electron chi connectivity index (χ3n) is 2.45. The maximum absolute atomic E-state index is 5.71. The monoisotopic (exact) mass is 341 g/mol. The number of rotatable bonds is 3. The van der Waals surface area contributed by atoms with Gasteiger partial charge in [0.25, 0.3) is 0 Å². The van der Waals surface area contributed by atoms with E-state index in [0.29, 0.717) is 11.6 Å². The van der Waals surface area contributed by atoms with Crippen molar-refractivity contribution in [3.63, 3.8) is 0 Å². The molecule has 0 atom stereocenters. The van der Waals surface area contributed by atoms with Gasteiger partial charge in [-0.15, -0.1) is 11.8 Å². The third kappa shape index (κ3) is 3.73. The lowest BCUT2D eigenvalue weighted by Crippen LogP contribution is -2.13. The lowest BCUT2D eigenvalue weighted by Gasteiger charge is -2.10. The lowest BCUT2D eigenvalue weighted by molar-refractivity contribution is 0.373. The first-order chi connectivity index (χ1) is 8.86. The number of hydrogen-bond acceptors (Lipinski definition) is 5. The zero-order chi connectivity index (χ0) is 14.0. The standard InChI is InChI=1S/C13H16BrN3OS/c1-13(2,3)12-16-11(18-17-12)7-19-10-5-4-8(15)6-9(10)14/h4-6H,7,15H2,1-3H3. The van der Waals surface area contributed by atoms with E-state index in [9.17, 15) is 0 Å². The topological polar surface area (TPSA) is 64.9 Å². The summed E-state index contributed by atoms with van der Waals surface area (Å²) in [5, 5.41) is 4.01. The number of hydrogen-bond donors (Lipinski definition) is 1. The van der Waals surface area contributed by atoms with Gasteiger partial charge in [-0.25, -0.2) is 0 Å². The number of anilines is 1. The van der Waals surface area contributed by atoms with E-state index in [2.05, 4.69) is 46.8 Å². The van der Waals surface area contributed by atoms with Crippen molar-refractivity contribution in [2.24, 2.45) is 0 Å². The van der Waals surface area contributed by atoms with Gasteiger partial charge in [-0.3, -0.25) is 0 Å². The Morgan fingerprint density at radius 3 is 2.68 bits per heavy atom. The molecule has 6 heteroatoms. The Morgan fingerprint density at radius 1 is 1.37 bits per heavy atom. The predicted molar refractivity (Wildman–Crippen MR) is 81.1 cm³/mol. The van der Waals surface area contributed by atoms with Gasteiger partial charge < -0.3 is 10.3 Å². The molecule has 0 aliphatic carbocycles. The highest BCUT2D eigenvalue weighted by Gasteiger charge is 2.20. The molecule has 0 saturated carbocycles. The van der Waals surface area contributed by atoms with Crippen molar-refractivity contribution in [3.8, 4) is 0 Å². The Bertz CT molecular complexity index is 578. The van der Waals surface area contributed by atoms with Crippen LogP contribution in [0.4, 0.5) is 5.69 Å². The van der Waals surface area contributed by atoms with Crippen LogP contribution in [0.2, 0.25) is 0 Å². The second-order valence-corrected chi connectivity index (χ2v) is 7.11. The predicted octanol–water partition coefficient (Wildman–Crippen LogP) is 4.00. The van der Waals surface area contributed by atoms with Gasteiger partial charge in [0.15, 0.2) is 5.82 Å². The van der Waals surface area contributed by atoms with Gasteiger partial charge in [0.05, 0.1) is 5.75 Å². The maximum Gasteiger partial charge on any atom is 0.237 e. The number of halogens is 1. The zero-order valence-electron chi connectivity index (χ0n) is 11.1. The number of nitrogens with zero attached hydrogens (tertiary/aromatic N) is 2. The molecule has 1 aromatic carbocycles. The average molecular weight is 342 g/mol. The minimum atomic E-state index is -0.0891. The van der Waals surface area contributed by atoms with Crippen molar-refractivity contribution in [2.45, 2.75) is 36.8 Å². The molecule has 0 radical (unpaired) electrons. The van der Waals surface area contributed by atoms with Crippen LogP contribution < -0.4 is 5.73 Å². The van der Waals surface area contributed by atoms with Gasteiger partial charge in [-0.2, -0.15) is 4.98 Å². The highest BCUT2D eigenvalue weighted by molar-refractivity contribution is 9.10. The first kappa shape index (κ1) is 14.4. The van der Waals surface area contributed by atoms with E-state index in [1.165, 1.54) is 0 Å². The third-order valence-corrected chi connectivity index (χ3v) is 4.42. The summed E-state index contributed by atoms with van der Waals surface area (Å²) in [6.45, 7) is 6.18. The van der Waals surface area contributed by atoms with Gasteiger partial charge >= 0.3 is 0 Å². The zero-order valence-corrected chi connectivity index (χ0v) is 13.5. The van der Waals surface area contributed by atoms with Crippen molar-refractivity contribution in [1.82, 2.24) is 10.1 Å². The fraction of sp³-hybridized carbons (Fsp3) is 0.385. The summed E-state index contributed by atoms with van der Waals surface area (Å²) in [5.41, 5.74) is 6.36. The van der Waals surface area contributed by atoms with Crippen molar-refractivity contribution in [3.05, 3.63) is 34.4 Å². The second kappa shape index (κ2) is 5.54. The first-order valence-corrected chi connectivity index (χ1v) is 7.65. The SMILES string of the molecule is CC(C)(C)c1noc(CSc2ccc(N)cc2Br)n1. The molecule has 4 nitrogen and oxygen atoms in total. The molecule has 0 spiro atoms. The molecule has 2 aromatic rings. The fourth-order valence-electron chi connectivity index (χ4n) is 1.39.